The zero-order valence-electron chi connectivity index (χ0n) is 17.4. The highest BCUT2D eigenvalue weighted by Crippen LogP contribution is 2.41. The van der Waals surface area contributed by atoms with E-state index in [2.05, 4.69) is 10.4 Å². The van der Waals surface area contributed by atoms with Crippen molar-refractivity contribution in [1.82, 2.24) is 15.1 Å². The number of esters is 1. The van der Waals surface area contributed by atoms with Gasteiger partial charge in [-0.3, -0.25) is 19.6 Å². The van der Waals surface area contributed by atoms with Crippen molar-refractivity contribution in [3.8, 4) is 17.4 Å². The van der Waals surface area contributed by atoms with Crippen molar-refractivity contribution in [3.63, 3.8) is 0 Å². The lowest BCUT2D eigenvalue weighted by molar-refractivity contribution is -0.385. The van der Waals surface area contributed by atoms with Gasteiger partial charge in [-0.15, -0.1) is 5.10 Å². The molecule has 15 heteroatoms. The Labute approximate surface area is 189 Å². The molecule has 0 aliphatic heterocycles. The quantitative estimate of drug-likeness (QED) is 0.319. The first-order chi connectivity index (χ1) is 15.3. The van der Waals surface area contributed by atoms with E-state index in [4.69, 9.17) is 25.8 Å². The second-order valence-electron chi connectivity index (χ2n) is 6.41. The summed E-state index contributed by atoms with van der Waals surface area (Å²) >= 11 is 5.73. The molecule has 0 aliphatic carbocycles. The molecule has 1 atom stereocenters. The number of ether oxygens (including phenoxy) is 3. The number of alkyl halides is 3. The molecule has 0 radical (unpaired) electrons. The van der Waals surface area contributed by atoms with Gasteiger partial charge in [0.25, 0.3) is 11.8 Å². The molecule has 0 saturated carbocycles. The van der Waals surface area contributed by atoms with Crippen LogP contribution < -0.4 is 14.8 Å². The van der Waals surface area contributed by atoms with Crippen LogP contribution in [0.3, 0.4) is 0 Å². The Bertz CT molecular complexity index is 1060. The fourth-order valence-corrected chi connectivity index (χ4v) is 2.84. The molecule has 1 aromatic heterocycles. The van der Waals surface area contributed by atoms with Crippen molar-refractivity contribution >= 4 is 29.2 Å². The number of aryl methyl sites for hydroxylation is 1. The van der Waals surface area contributed by atoms with E-state index in [1.165, 1.54) is 6.92 Å². The first-order valence-electron chi connectivity index (χ1n) is 9.19. The largest absolute Gasteiger partial charge is 0.477 e. The van der Waals surface area contributed by atoms with E-state index in [9.17, 15) is 32.9 Å². The number of amides is 1. The van der Waals surface area contributed by atoms with Crippen molar-refractivity contribution in [2.45, 2.75) is 26.1 Å². The van der Waals surface area contributed by atoms with Gasteiger partial charge in [0.2, 0.25) is 5.75 Å². The molecule has 33 heavy (non-hydrogen) atoms. The van der Waals surface area contributed by atoms with E-state index < -0.39 is 63.7 Å². The number of nitro groups is 1. The maximum absolute atomic E-state index is 13.1. The molecule has 1 aromatic carbocycles. The molecule has 1 heterocycles. The maximum atomic E-state index is 13.1. The summed E-state index contributed by atoms with van der Waals surface area (Å²) in [6, 6.07) is 2.05. The Hall–Kier alpha value is -3.55. The van der Waals surface area contributed by atoms with Gasteiger partial charge in [-0.1, -0.05) is 11.6 Å². The number of hydrogen-bond donors (Lipinski definition) is 1. The minimum atomic E-state index is -4.79. The third kappa shape index (κ3) is 6.47. The molecule has 2 rings (SSSR count). The van der Waals surface area contributed by atoms with Gasteiger partial charge in [0.05, 0.1) is 11.5 Å². The van der Waals surface area contributed by atoms with Crippen LogP contribution in [-0.2, 0) is 27.5 Å². The lowest BCUT2D eigenvalue weighted by Crippen LogP contribution is -2.41. The Morgan fingerprint density at radius 2 is 2.03 bits per heavy atom. The monoisotopic (exact) mass is 494 g/mol. The number of benzene rings is 1. The third-order valence-corrected chi connectivity index (χ3v) is 4.29. The number of nitro benzene ring substituents is 1. The standard InChI is InChI=1S/C18H18ClF3N4O7/c1-4-31-17(28)9(2)23-13(27)8-32-12-7-10(5-6-11(12)26(29)30)33-16-14(19)15(18(20,21)22)25(3)24-16/h5-7,9H,4,8H2,1-3H3,(H,23,27)/t9-/m0/s1. The number of nitrogens with zero attached hydrogens (tertiary/aromatic N) is 3. The zero-order valence-corrected chi connectivity index (χ0v) is 18.2. The molecule has 0 saturated heterocycles. The van der Waals surface area contributed by atoms with Gasteiger partial charge in [0.15, 0.2) is 12.3 Å². The molecule has 1 amide bonds. The van der Waals surface area contributed by atoms with Crippen LogP contribution in [0.25, 0.3) is 0 Å². The number of carbonyl (C=O) groups excluding carboxylic acids is 2. The summed E-state index contributed by atoms with van der Waals surface area (Å²) in [5.41, 5.74) is -1.79. The highest BCUT2D eigenvalue weighted by molar-refractivity contribution is 6.32. The van der Waals surface area contributed by atoms with E-state index in [0.717, 1.165) is 25.2 Å². The second-order valence-corrected chi connectivity index (χ2v) is 6.79. The van der Waals surface area contributed by atoms with E-state index >= 15 is 0 Å². The summed E-state index contributed by atoms with van der Waals surface area (Å²) in [5, 5.41) is 16.3. The Kier molecular flexibility index (Phi) is 8.08. The molecular weight excluding hydrogens is 477 g/mol. The van der Waals surface area contributed by atoms with Gasteiger partial charge in [-0.25, -0.2) is 4.79 Å². The van der Waals surface area contributed by atoms with E-state index in [0.29, 0.717) is 4.68 Å². The molecule has 0 fully saturated rings. The number of nitrogens with one attached hydrogen (secondary N) is 1. The van der Waals surface area contributed by atoms with Crippen molar-refractivity contribution in [2.24, 2.45) is 7.05 Å². The first-order valence-corrected chi connectivity index (χ1v) is 9.57. The molecule has 180 valence electrons. The van der Waals surface area contributed by atoms with Crippen LogP contribution in [0.4, 0.5) is 18.9 Å². The number of carbonyl (C=O) groups is 2. The zero-order chi connectivity index (χ0) is 24.9. The van der Waals surface area contributed by atoms with Gasteiger partial charge >= 0.3 is 17.8 Å². The normalized spacial score (nSPS) is 12.1. The lowest BCUT2D eigenvalue weighted by atomic mass is 10.3. The summed E-state index contributed by atoms with van der Waals surface area (Å²) < 4.78 is 54.8. The van der Waals surface area contributed by atoms with Crippen LogP contribution in [0, 0.1) is 10.1 Å². The summed E-state index contributed by atoms with van der Waals surface area (Å²) in [4.78, 5) is 34.0. The van der Waals surface area contributed by atoms with Gasteiger partial charge < -0.3 is 19.5 Å². The molecule has 0 bridgehead atoms. The lowest BCUT2D eigenvalue weighted by Gasteiger charge is -2.13. The van der Waals surface area contributed by atoms with Crippen LogP contribution in [0.5, 0.6) is 17.4 Å². The van der Waals surface area contributed by atoms with Crippen molar-refractivity contribution < 1.29 is 41.9 Å². The first kappa shape index (κ1) is 25.7. The Morgan fingerprint density at radius 3 is 2.58 bits per heavy atom. The van der Waals surface area contributed by atoms with Crippen LogP contribution in [-0.4, -0.2) is 45.8 Å². The topological polar surface area (TPSA) is 135 Å². The Morgan fingerprint density at radius 1 is 1.36 bits per heavy atom. The Balaban J connectivity index is 2.20. The van der Waals surface area contributed by atoms with Crippen LogP contribution in [0.1, 0.15) is 19.5 Å². The van der Waals surface area contributed by atoms with Gasteiger partial charge in [-0.2, -0.15) is 13.2 Å². The van der Waals surface area contributed by atoms with Crippen LogP contribution in [0.2, 0.25) is 5.02 Å². The van der Waals surface area contributed by atoms with E-state index in [-0.39, 0.29) is 12.4 Å². The van der Waals surface area contributed by atoms with Gasteiger partial charge in [-0.05, 0) is 19.9 Å². The number of aromatic nitrogens is 2. The van der Waals surface area contributed by atoms with Crippen LogP contribution in [0.15, 0.2) is 18.2 Å². The molecular formula is C18H18ClF3N4O7. The molecule has 11 nitrogen and oxygen atoms in total. The van der Waals surface area contributed by atoms with Gasteiger partial charge in [0.1, 0.15) is 16.8 Å². The number of hydrogen-bond acceptors (Lipinski definition) is 8. The number of rotatable bonds is 9. The van der Waals surface area contributed by atoms with Crippen molar-refractivity contribution in [3.05, 3.63) is 39.0 Å². The molecule has 0 unspecified atom stereocenters. The number of halogens is 4. The highest BCUT2D eigenvalue weighted by Gasteiger charge is 2.39. The SMILES string of the molecule is CCOC(=O)[C@H](C)NC(=O)COc1cc(Oc2nn(C)c(C(F)(F)F)c2Cl)ccc1[N+](=O)[O-]. The third-order valence-electron chi connectivity index (χ3n) is 3.95. The minimum absolute atomic E-state index is 0.110. The second kappa shape index (κ2) is 10.4. The maximum Gasteiger partial charge on any atom is 0.434 e. The molecule has 0 aliphatic rings. The molecule has 2 aromatic rings. The van der Waals surface area contributed by atoms with E-state index in [1.54, 1.807) is 6.92 Å². The van der Waals surface area contributed by atoms with E-state index in [1.807, 2.05) is 0 Å². The highest BCUT2D eigenvalue weighted by atomic mass is 35.5. The average molecular weight is 495 g/mol. The molecule has 0 spiro atoms. The fourth-order valence-electron chi connectivity index (χ4n) is 2.54. The summed E-state index contributed by atoms with van der Waals surface area (Å²) in [7, 11) is 1.02. The summed E-state index contributed by atoms with van der Waals surface area (Å²) in [6.45, 7) is 2.36. The van der Waals surface area contributed by atoms with Gasteiger partial charge in [0, 0.05) is 19.2 Å². The minimum Gasteiger partial charge on any atom is -0.477 e. The molecule has 1 N–H and O–H groups in total. The smallest absolute Gasteiger partial charge is 0.434 e. The van der Waals surface area contributed by atoms with Crippen molar-refractivity contribution in [2.75, 3.05) is 13.2 Å². The van der Waals surface area contributed by atoms with Crippen molar-refractivity contribution in [1.29, 1.82) is 0 Å². The predicted molar refractivity (Wildman–Crippen MR) is 106 cm³/mol. The predicted octanol–water partition coefficient (Wildman–Crippen LogP) is 3.24. The summed E-state index contributed by atoms with van der Waals surface area (Å²) in [5.74, 6) is -2.66. The average Bonchev–Trinajstić information content (AvgIpc) is 2.99. The summed E-state index contributed by atoms with van der Waals surface area (Å²) in [6.07, 6.45) is -4.79. The van der Waals surface area contributed by atoms with Crippen LogP contribution >= 0.6 is 11.6 Å². The fraction of sp³-hybridized carbons (Fsp3) is 0.389.